The molecule has 1 aromatic carbocycles. The molecule has 0 atom stereocenters. The first-order valence-corrected chi connectivity index (χ1v) is 5.55. The lowest BCUT2D eigenvalue weighted by Gasteiger charge is -2.11. The fourth-order valence-electron chi connectivity index (χ4n) is 1.15. The molecule has 1 aromatic rings. The standard InChI is InChI=1S/C12H13ClFNO4/c1-17-7(3-12(16)18-2)6-19-11-5-10(15)9(14)4-8(11)13/h3-5H,6,15H2,1-2H3. The maximum Gasteiger partial charge on any atom is 0.334 e. The van der Waals surface area contributed by atoms with Crippen LogP contribution in [-0.2, 0) is 14.3 Å². The fourth-order valence-corrected chi connectivity index (χ4v) is 1.36. The number of ether oxygens (including phenoxy) is 3. The lowest BCUT2D eigenvalue weighted by molar-refractivity contribution is -0.135. The third-order valence-electron chi connectivity index (χ3n) is 2.16. The molecular weight excluding hydrogens is 277 g/mol. The Balaban J connectivity index is 2.78. The molecule has 0 saturated heterocycles. The van der Waals surface area contributed by atoms with Crippen LogP contribution in [0.2, 0.25) is 5.02 Å². The number of nitrogens with two attached hydrogens (primary N) is 1. The summed E-state index contributed by atoms with van der Waals surface area (Å²) in [7, 11) is 2.61. The van der Waals surface area contributed by atoms with Gasteiger partial charge in [0.2, 0.25) is 0 Å². The Morgan fingerprint density at radius 1 is 1.42 bits per heavy atom. The number of halogens is 2. The van der Waals surface area contributed by atoms with Crippen LogP contribution in [0, 0.1) is 5.82 Å². The number of carbonyl (C=O) groups excluding carboxylic acids is 1. The number of methoxy groups -OCH3 is 2. The normalized spacial score (nSPS) is 11.1. The van der Waals surface area contributed by atoms with Gasteiger partial charge in [0.05, 0.1) is 31.0 Å². The number of esters is 1. The highest BCUT2D eigenvalue weighted by atomic mass is 35.5. The van der Waals surface area contributed by atoms with Gasteiger partial charge in [0.15, 0.2) is 0 Å². The van der Waals surface area contributed by atoms with Crippen molar-refractivity contribution in [2.75, 3.05) is 26.6 Å². The van der Waals surface area contributed by atoms with Crippen LogP contribution in [0.25, 0.3) is 0 Å². The maximum absolute atomic E-state index is 13.1. The molecule has 0 heterocycles. The fraction of sp³-hybridized carbons (Fsp3) is 0.250. The zero-order valence-electron chi connectivity index (χ0n) is 10.4. The minimum Gasteiger partial charge on any atom is -0.497 e. The highest BCUT2D eigenvalue weighted by Gasteiger charge is 2.09. The van der Waals surface area contributed by atoms with Gasteiger partial charge in [-0.15, -0.1) is 0 Å². The first kappa shape index (κ1) is 15.1. The molecular formula is C12H13ClFNO4. The Morgan fingerprint density at radius 3 is 2.68 bits per heavy atom. The number of nitrogen functional groups attached to an aromatic ring is 1. The van der Waals surface area contributed by atoms with E-state index in [0.717, 1.165) is 12.1 Å². The van der Waals surface area contributed by atoms with Gasteiger partial charge >= 0.3 is 5.97 Å². The van der Waals surface area contributed by atoms with Gasteiger partial charge in [0.25, 0.3) is 0 Å². The van der Waals surface area contributed by atoms with Crippen molar-refractivity contribution in [3.8, 4) is 5.75 Å². The lowest BCUT2D eigenvalue weighted by atomic mass is 10.3. The van der Waals surface area contributed by atoms with Gasteiger partial charge < -0.3 is 19.9 Å². The predicted molar refractivity (Wildman–Crippen MR) is 68.4 cm³/mol. The van der Waals surface area contributed by atoms with E-state index < -0.39 is 11.8 Å². The quantitative estimate of drug-likeness (QED) is 0.389. The van der Waals surface area contributed by atoms with Gasteiger partial charge in [-0.1, -0.05) is 11.6 Å². The van der Waals surface area contributed by atoms with Crippen LogP contribution in [0.3, 0.4) is 0 Å². The number of rotatable bonds is 5. The molecule has 0 aliphatic rings. The van der Waals surface area contributed by atoms with E-state index in [1.165, 1.54) is 20.3 Å². The summed E-state index contributed by atoms with van der Waals surface area (Å²) in [5, 5.41) is 0.0696. The number of anilines is 1. The highest BCUT2D eigenvalue weighted by Crippen LogP contribution is 2.29. The van der Waals surface area contributed by atoms with E-state index in [1.807, 2.05) is 0 Å². The van der Waals surface area contributed by atoms with Crippen LogP contribution >= 0.6 is 11.6 Å². The van der Waals surface area contributed by atoms with Gasteiger partial charge in [-0.3, -0.25) is 0 Å². The van der Waals surface area contributed by atoms with E-state index in [2.05, 4.69) is 4.74 Å². The average Bonchev–Trinajstić information content (AvgIpc) is 2.39. The van der Waals surface area contributed by atoms with Gasteiger partial charge in [0, 0.05) is 6.07 Å². The molecule has 0 amide bonds. The Bertz CT molecular complexity index is 505. The molecule has 2 N–H and O–H groups in total. The van der Waals surface area contributed by atoms with E-state index in [4.69, 9.17) is 26.8 Å². The second-order valence-corrected chi connectivity index (χ2v) is 3.84. The molecule has 5 nitrogen and oxygen atoms in total. The number of carbonyl (C=O) groups is 1. The van der Waals surface area contributed by atoms with Crippen molar-refractivity contribution in [1.29, 1.82) is 0 Å². The monoisotopic (exact) mass is 289 g/mol. The summed E-state index contributed by atoms with van der Waals surface area (Å²) in [6.07, 6.45) is 1.13. The Kier molecular flexibility index (Phi) is 5.44. The van der Waals surface area contributed by atoms with Crippen molar-refractivity contribution in [2.24, 2.45) is 0 Å². The smallest absolute Gasteiger partial charge is 0.334 e. The van der Waals surface area contributed by atoms with E-state index in [-0.39, 0.29) is 28.8 Å². The van der Waals surface area contributed by atoms with Crippen LogP contribution in [0.15, 0.2) is 24.0 Å². The molecule has 1 rings (SSSR count). The van der Waals surface area contributed by atoms with Crippen molar-refractivity contribution in [2.45, 2.75) is 0 Å². The van der Waals surface area contributed by atoms with Crippen molar-refractivity contribution in [3.63, 3.8) is 0 Å². The van der Waals surface area contributed by atoms with Crippen molar-refractivity contribution in [1.82, 2.24) is 0 Å². The highest BCUT2D eigenvalue weighted by molar-refractivity contribution is 6.32. The summed E-state index contributed by atoms with van der Waals surface area (Å²) in [4.78, 5) is 11.0. The summed E-state index contributed by atoms with van der Waals surface area (Å²) in [5.41, 5.74) is 5.31. The van der Waals surface area contributed by atoms with Crippen molar-refractivity contribution < 1.29 is 23.4 Å². The minimum absolute atomic E-state index is 0.0696. The first-order valence-electron chi connectivity index (χ1n) is 5.17. The number of benzene rings is 1. The molecule has 0 aliphatic carbocycles. The molecule has 7 heteroatoms. The summed E-state index contributed by atoms with van der Waals surface area (Å²) in [6, 6.07) is 2.30. The molecule has 0 saturated carbocycles. The lowest BCUT2D eigenvalue weighted by Crippen LogP contribution is -2.07. The van der Waals surface area contributed by atoms with E-state index >= 15 is 0 Å². The summed E-state index contributed by atoms with van der Waals surface area (Å²) < 4.78 is 27.7. The first-order chi connectivity index (χ1) is 8.97. The topological polar surface area (TPSA) is 70.8 Å². The Labute approximate surface area is 114 Å². The number of hydrogen-bond acceptors (Lipinski definition) is 5. The molecule has 0 bridgehead atoms. The summed E-state index contributed by atoms with van der Waals surface area (Å²) in [5.74, 6) is -0.793. The SMILES string of the molecule is COC(=O)C=C(COc1cc(N)c(F)cc1Cl)OC. The molecule has 19 heavy (non-hydrogen) atoms. The van der Waals surface area contributed by atoms with Crippen LogP contribution in [0.1, 0.15) is 0 Å². The van der Waals surface area contributed by atoms with E-state index in [9.17, 15) is 9.18 Å². The molecule has 0 spiro atoms. The van der Waals surface area contributed by atoms with E-state index in [1.54, 1.807) is 0 Å². The predicted octanol–water partition coefficient (Wildman–Crippen LogP) is 2.14. The minimum atomic E-state index is -0.630. The maximum atomic E-state index is 13.1. The largest absolute Gasteiger partial charge is 0.497 e. The van der Waals surface area contributed by atoms with Crippen molar-refractivity contribution in [3.05, 3.63) is 34.8 Å². The van der Waals surface area contributed by atoms with Gasteiger partial charge in [0.1, 0.15) is 23.9 Å². The van der Waals surface area contributed by atoms with Gasteiger partial charge in [-0.25, -0.2) is 9.18 Å². The average molecular weight is 290 g/mol. The third-order valence-corrected chi connectivity index (χ3v) is 2.46. The second kappa shape index (κ2) is 6.84. The summed E-state index contributed by atoms with van der Waals surface area (Å²) in [6.45, 7) is -0.0730. The van der Waals surface area contributed by atoms with Gasteiger partial charge in [-0.2, -0.15) is 0 Å². The van der Waals surface area contributed by atoms with Crippen molar-refractivity contribution >= 4 is 23.3 Å². The zero-order valence-corrected chi connectivity index (χ0v) is 11.2. The van der Waals surface area contributed by atoms with Crippen LogP contribution in [-0.4, -0.2) is 26.8 Å². The zero-order chi connectivity index (χ0) is 14.4. The molecule has 0 unspecified atom stereocenters. The Hall–Kier alpha value is -1.95. The Morgan fingerprint density at radius 2 is 2.11 bits per heavy atom. The van der Waals surface area contributed by atoms with Gasteiger partial charge in [-0.05, 0) is 6.07 Å². The third kappa shape index (κ3) is 4.33. The number of hydrogen-bond donors (Lipinski definition) is 1. The molecule has 104 valence electrons. The molecule has 0 aliphatic heterocycles. The van der Waals surface area contributed by atoms with Crippen LogP contribution in [0.5, 0.6) is 5.75 Å². The molecule has 0 fully saturated rings. The van der Waals surface area contributed by atoms with Crippen LogP contribution in [0.4, 0.5) is 10.1 Å². The second-order valence-electron chi connectivity index (χ2n) is 3.43. The molecule has 0 aromatic heterocycles. The summed E-state index contributed by atoms with van der Waals surface area (Å²) >= 11 is 5.79. The van der Waals surface area contributed by atoms with E-state index in [0.29, 0.717) is 0 Å². The molecule has 0 radical (unpaired) electrons. The van der Waals surface area contributed by atoms with Crippen LogP contribution < -0.4 is 10.5 Å².